The maximum atomic E-state index is 16.0. The Morgan fingerprint density at radius 1 is 0.860 bits per heavy atom. The van der Waals surface area contributed by atoms with Crippen LogP contribution in [0.1, 0.15) is 33.3 Å². The minimum atomic E-state index is -1.86. The number of carbonyl (C=O) groups is 1. The second-order valence-corrected chi connectivity index (χ2v) is 11.6. The van der Waals surface area contributed by atoms with Gasteiger partial charge >= 0.3 is 0 Å². The number of carbonyl (C=O) groups excluding carboxylic acids is 1. The molecule has 1 saturated heterocycles. The van der Waals surface area contributed by atoms with Crippen LogP contribution in [0.5, 0.6) is 11.5 Å². The normalized spacial score (nSPS) is 19.0. The number of hydrogen-bond donors (Lipinski definition) is 2. The number of rotatable bonds is 11. The summed E-state index contributed by atoms with van der Waals surface area (Å²) in [6.45, 7) is -0.262. The summed E-state index contributed by atoms with van der Waals surface area (Å²) in [7, 11) is 3.18. The van der Waals surface area contributed by atoms with Gasteiger partial charge in [0.1, 0.15) is 35.6 Å². The van der Waals surface area contributed by atoms with Crippen molar-refractivity contribution in [2.75, 3.05) is 26.1 Å². The molecule has 1 amide bonds. The molecule has 1 aliphatic heterocycles. The molecule has 1 aliphatic rings. The molecule has 12 nitrogen and oxygen atoms in total. The zero-order valence-electron chi connectivity index (χ0n) is 27.1. The Bertz CT molecular complexity index is 2020. The zero-order chi connectivity index (χ0) is 34.7. The number of anilines is 1. The van der Waals surface area contributed by atoms with Crippen LogP contribution in [0.25, 0.3) is 11.2 Å². The first-order valence-corrected chi connectivity index (χ1v) is 15.8. The summed E-state index contributed by atoms with van der Waals surface area (Å²) >= 11 is 0. The summed E-state index contributed by atoms with van der Waals surface area (Å²) in [5.41, 5.74) is 1.75. The van der Waals surface area contributed by atoms with Crippen molar-refractivity contribution in [3.8, 4) is 11.5 Å². The van der Waals surface area contributed by atoms with Crippen LogP contribution in [-0.2, 0) is 15.1 Å². The number of alkyl halides is 1. The summed E-state index contributed by atoms with van der Waals surface area (Å²) in [6.07, 6.45) is -4.80. The molecular weight excluding hydrogens is 643 g/mol. The molecular formula is C37H33FN6O6. The Morgan fingerprint density at radius 2 is 1.44 bits per heavy atom. The topological polar surface area (TPSA) is 143 Å². The third-order valence-corrected chi connectivity index (χ3v) is 8.70. The standard InChI is InChI=1S/C37H33FN6O6/c1-47-27-17-13-25(14-18-27)37(24-11-7-4-8-12-24,26-15-19-28(48-2)20-16-26)49-21-29-30(38)32(45)36(50-29)44-34-31(42-43-44)33(39-22-40-34)41-35(46)23-9-5-3-6-10-23/h3-20,22,29-30,32,36,45H,21H2,1-2H3,(H,39,40,41,46)/t29-,30-,32-,36-/m1/s1. The van der Waals surface area contributed by atoms with Gasteiger partial charge < -0.3 is 29.4 Å². The number of nitrogens with one attached hydrogen (secondary N) is 1. The average Bonchev–Trinajstić information content (AvgIpc) is 3.73. The highest BCUT2D eigenvalue weighted by Crippen LogP contribution is 2.43. The average molecular weight is 677 g/mol. The van der Waals surface area contributed by atoms with Crippen LogP contribution in [0.3, 0.4) is 0 Å². The lowest BCUT2D eigenvalue weighted by Crippen LogP contribution is -2.38. The van der Waals surface area contributed by atoms with Crippen molar-refractivity contribution < 1.29 is 33.2 Å². The van der Waals surface area contributed by atoms with E-state index in [4.69, 9.17) is 18.9 Å². The van der Waals surface area contributed by atoms with Crippen molar-refractivity contribution in [1.82, 2.24) is 25.0 Å². The third-order valence-electron chi connectivity index (χ3n) is 8.70. The lowest BCUT2D eigenvalue weighted by Gasteiger charge is -2.37. The van der Waals surface area contributed by atoms with Gasteiger partial charge in [-0.15, -0.1) is 5.10 Å². The number of amides is 1. The van der Waals surface area contributed by atoms with Gasteiger partial charge in [-0.2, -0.15) is 4.68 Å². The number of fused-ring (bicyclic) bond motifs is 1. The van der Waals surface area contributed by atoms with Gasteiger partial charge in [-0.3, -0.25) is 4.79 Å². The van der Waals surface area contributed by atoms with Gasteiger partial charge in [0, 0.05) is 5.56 Å². The smallest absolute Gasteiger partial charge is 0.256 e. The molecule has 3 heterocycles. The molecule has 0 saturated carbocycles. The van der Waals surface area contributed by atoms with Gasteiger partial charge in [0.05, 0.1) is 20.8 Å². The van der Waals surface area contributed by atoms with Gasteiger partial charge in [0.25, 0.3) is 5.91 Å². The molecule has 13 heteroatoms. The number of aliphatic hydroxyl groups is 1. The fraction of sp³-hybridized carbons (Fsp3) is 0.216. The molecule has 0 spiro atoms. The fourth-order valence-corrected chi connectivity index (χ4v) is 6.12. The van der Waals surface area contributed by atoms with E-state index in [0.717, 1.165) is 16.7 Å². The predicted molar refractivity (Wildman–Crippen MR) is 181 cm³/mol. The van der Waals surface area contributed by atoms with Crippen molar-refractivity contribution in [1.29, 1.82) is 0 Å². The monoisotopic (exact) mass is 676 g/mol. The molecule has 0 unspecified atom stereocenters. The largest absolute Gasteiger partial charge is 0.497 e. The van der Waals surface area contributed by atoms with Gasteiger partial charge in [0.15, 0.2) is 29.4 Å². The van der Waals surface area contributed by atoms with Crippen molar-refractivity contribution in [2.24, 2.45) is 0 Å². The first-order chi connectivity index (χ1) is 24.4. The number of nitrogens with zero attached hydrogens (tertiary/aromatic N) is 5. The molecule has 50 heavy (non-hydrogen) atoms. The summed E-state index contributed by atoms with van der Waals surface area (Å²) in [5, 5.41) is 22.1. The van der Waals surface area contributed by atoms with Crippen LogP contribution < -0.4 is 14.8 Å². The lowest BCUT2D eigenvalue weighted by molar-refractivity contribution is -0.0927. The number of methoxy groups -OCH3 is 2. The zero-order valence-corrected chi connectivity index (χ0v) is 27.1. The second-order valence-electron chi connectivity index (χ2n) is 11.6. The highest BCUT2D eigenvalue weighted by molar-refractivity contribution is 6.06. The summed E-state index contributed by atoms with van der Waals surface area (Å²) in [5.74, 6) is 1.01. The predicted octanol–water partition coefficient (Wildman–Crippen LogP) is 5.10. The van der Waals surface area contributed by atoms with E-state index in [-0.39, 0.29) is 23.6 Å². The third kappa shape index (κ3) is 6.02. The molecule has 0 aliphatic carbocycles. The van der Waals surface area contributed by atoms with Crippen LogP contribution >= 0.6 is 0 Å². The molecule has 1 fully saturated rings. The number of hydrogen-bond acceptors (Lipinski definition) is 10. The van der Waals surface area contributed by atoms with Gasteiger partial charge in [0.2, 0.25) is 0 Å². The Labute approximate surface area is 286 Å². The van der Waals surface area contributed by atoms with Crippen molar-refractivity contribution in [3.63, 3.8) is 0 Å². The molecule has 2 aromatic heterocycles. The molecule has 6 aromatic rings. The SMILES string of the molecule is COc1ccc(C(OC[C@H]2O[C@@H](n3nnc4c(NC(=O)c5ccccc5)ncnc43)[C@H](O)[C@@H]2F)(c2ccccc2)c2ccc(OC)cc2)cc1. The molecule has 4 atom stereocenters. The molecule has 254 valence electrons. The highest BCUT2D eigenvalue weighted by Gasteiger charge is 2.48. The van der Waals surface area contributed by atoms with Crippen molar-refractivity contribution >= 4 is 22.9 Å². The Kier molecular flexibility index (Phi) is 9.17. The number of ether oxygens (including phenoxy) is 4. The van der Waals surface area contributed by atoms with Crippen LogP contribution in [-0.4, -0.2) is 75.2 Å². The van der Waals surface area contributed by atoms with E-state index in [1.165, 1.54) is 11.0 Å². The number of aromatic nitrogens is 5. The Hall–Kier alpha value is -5.76. The first kappa shape index (κ1) is 32.8. The summed E-state index contributed by atoms with van der Waals surface area (Å²) in [4.78, 5) is 21.2. The van der Waals surface area contributed by atoms with E-state index in [1.54, 1.807) is 44.6 Å². The van der Waals surface area contributed by atoms with Gasteiger partial charge in [-0.1, -0.05) is 78.0 Å². The Balaban J connectivity index is 1.20. The van der Waals surface area contributed by atoms with E-state index in [9.17, 15) is 9.90 Å². The van der Waals surface area contributed by atoms with Crippen LogP contribution in [0.15, 0.2) is 116 Å². The molecule has 4 aromatic carbocycles. The van der Waals surface area contributed by atoms with Crippen LogP contribution in [0.2, 0.25) is 0 Å². The number of aliphatic hydroxyl groups excluding tert-OH is 1. The summed E-state index contributed by atoms with van der Waals surface area (Å²) < 4.78 is 41.0. The molecule has 0 radical (unpaired) electrons. The summed E-state index contributed by atoms with van der Waals surface area (Å²) in [6, 6.07) is 33.1. The fourth-order valence-electron chi connectivity index (χ4n) is 6.12. The molecule has 7 rings (SSSR count). The number of benzene rings is 4. The lowest BCUT2D eigenvalue weighted by atomic mass is 9.80. The first-order valence-electron chi connectivity index (χ1n) is 15.8. The van der Waals surface area contributed by atoms with Crippen LogP contribution in [0.4, 0.5) is 10.2 Å². The van der Waals surface area contributed by atoms with E-state index < -0.39 is 36.1 Å². The number of halogens is 1. The van der Waals surface area contributed by atoms with E-state index in [2.05, 4.69) is 25.6 Å². The Morgan fingerprint density at radius 3 is 2.04 bits per heavy atom. The van der Waals surface area contributed by atoms with Crippen molar-refractivity contribution in [2.45, 2.75) is 30.2 Å². The van der Waals surface area contributed by atoms with E-state index in [0.29, 0.717) is 17.1 Å². The van der Waals surface area contributed by atoms with Crippen molar-refractivity contribution in [3.05, 3.63) is 138 Å². The maximum Gasteiger partial charge on any atom is 0.256 e. The minimum absolute atomic E-state index is 0.103. The minimum Gasteiger partial charge on any atom is -0.497 e. The van der Waals surface area contributed by atoms with E-state index >= 15 is 4.39 Å². The van der Waals surface area contributed by atoms with Gasteiger partial charge in [-0.25, -0.2) is 14.4 Å². The van der Waals surface area contributed by atoms with E-state index in [1.807, 2.05) is 78.9 Å². The molecule has 0 bridgehead atoms. The second kappa shape index (κ2) is 14.0. The highest BCUT2D eigenvalue weighted by atomic mass is 19.1. The van der Waals surface area contributed by atoms with Gasteiger partial charge in [-0.05, 0) is 53.1 Å². The maximum absolute atomic E-state index is 16.0. The van der Waals surface area contributed by atoms with Crippen LogP contribution in [0, 0.1) is 0 Å². The molecule has 2 N–H and O–H groups in total. The quantitative estimate of drug-likeness (QED) is 0.178.